The SMILES string of the molecule is CCOc1ccc(S(=O)(=O)NCC(=O)NCc2ccccc2C)cc1. The Hall–Kier alpha value is -2.38. The number of carbonyl (C=O) groups is 1. The van der Waals surface area contributed by atoms with E-state index in [1.165, 1.54) is 12.1 Å². The first-order valence-electron chi connectivity index (χ1n) is 7.96. The number of benzene rings is 2. The molecular formula is C18H22N2O4S. The van der Waals surface area contributed by atoms with E-state index in [-0.39, 0.29) is 11.4 Å². The van der Waals surface area contributed by atoms with Gasteiger partial charge in [0.2, 0.25) is 15.9 Å². The molecule has 7 heteroatoms. The molecule has 0 unspecified atom stereocenters. The summed E-state index contributed by atoms with van der Waals surface area (Å²) in [4.78, 5) is 12.0. The number of amides is 1. The first-order valence-corrected chi connectivity index (χ1v) is 9.44. The van der Waals surface area contributed by atoms with Crippen molar-refractivity contribution in [2.75, 3.05) is 13.2 Å². The van der Waals surface area contributed by atoms with Crippen molar-refractivity contribution in [3.8, 4) is 5.75 Å². The molecule has 2 aromatic carbocycles. The fourth-order valence-corrected chi connectivity index (χ4v) is 3.17. The zero-order valence-corrected chi connectivity index (χ0v) is 15.1. The molecular weight excluding hydrogens is 340 g/mol. The van der Waals surface area contributed by atoms with Gasteiger partial charge in [-0.15, -0.1) is 0 Å². The maximum Gasteiger partial charge on any atom is 0.241 e. The van der Waals surface area contributed by atoms with Crippen LogP contribution in [0.4, 0.5) is 0 Å². The van der Waals surface area contributed by atoms with Crippen LogP contribution < -0.4 is 14.8 Å². The first-order chi connectivity index (χ1) is 11.9. The molecule has 0 aliphatic heterocycles. The number of rotatable bonds is 8. The molecule has 0 aromatic heterocycles. The number of nitrogens with one attached hydrogen (secondary N) is 2. The van der Waals surface area contributed by atoms with Gasteiger partial charge >= 0.3 is 0 Å². The highest BCUT2D eigenvalue weighted by Gasteiger charge is 2.15. The van der Waals surface area contributed by atoms with Crippen LogP contribution in [-0.4, -0.2) is 27.5 Å². The predicted molar refractivity (Wildman–Crippen MR) is 95.8 cm³/mol. The molecule has 0 heterocycles. The van der Waals surface area contributed by atoms with E-state index in [1.807, 2.05) is 38.1 Å². The van der Waals surface area contributed by atoms with E-state index in [9.17, 15) is 13.2 Å². The molecule has 0 spiro atoms. The van der Waals surface area contributed by atoms with Crippen molar-refractivity contribution in [1.29, 1.82) is 0 Å². The van der Waals surface area contributed by atoms with Crippen molar-refractivity contribution in [2.24, 2.45) is 0 Å². The molecule has 25 heavy (non-hydrogen) atoms. The van der Waals surface area contributed by atoms with Gasteiger partial charge in [-0.05, 0) is 49.2 Å². The molecule has 1 amide bonds. The lowest BCUT2D eigenvalue weighted by Gasteiger charge is -2.10. The van der Waals surface area contributed by atoms with Gasteiger partial charge in [0.1, 0.15) is 5.75 Å². The van der Waals surface area contributed by atoms with Gasteiger partial charge in [0.15, 0.2) is 0 Å². The van der Waals surface area contributed by atoms with Gasteiger partial charge < -0.3 is 10.1 Å². The fourth-order valence-electron chi connectivity index (χ4n) is 2.19. The largest absolute Gasteiger partial charge is 0.494 e. The van der Waals surface area contributed by atoms with Crippen molar-refractivity contribution in [1.82, 2.24) is 10.0 Å². The zero-order chi connectivity index (χ0) is 18.3. The second-order valence-corrected chi connectivity index (χ2v) is 7.20. The maximum atomic E-state index is 12.2. The van der Waals surface area contributed by atoms with Crippen LogP contribution in [0.15, 0.2) is 53.4 Å². The van der Waals surface area contributed by atoms with Crippen molar-refractivity contribution in [2.45, 2.75) is 25.3 Å². The van der Waals surface area contributed by atoms with Gasteiger partial charge in [0.05, 0.1) is 18.0 Å². The Labute approximate surface area is 148 Å². The molecule has 6 nitrogen and oxygen atoms in total. The smallest absolute Gasteiger partial charge is 0.241 e. The summed E-state index contributed by atoms with van der Waals surface area (Å²) in [5.41, 5.74) is 2.06. The molecule has 2 aromatic rings. The van der Waals surface area contributed by atoms with E-state index in [0.717, 1.165) is 11.1 Å². The van der Waals surface area contributed by atoms with Gasteiger partial charge in [0, 0.05) is 6.54 Å². The summed E-state index contributed by atoms with van der Waals surface area (Å²) in [6.45, 7) is 4.35. The third-order valence-electron chi connectivity index (χ3n) is 3.61. The molecule has 0 aliphatic rings. The summed E-state index contributed by atoms with van der Waals surface area (Å²) in [6, 6.07) is 13.7. The van der Waals surface area contributed by atoms with E-state index >= 15 is 0 Å². The second-order valence-electron chi connectivity index (χ2n) is 5.43. The summed E-state index contributed by atoms with van der Waals surface area (Å²) >= 11 is 0. The molecule has 2 N–H and O–H groups in total. The topological polar surface area (TPSA) is 84.5 Å². The Morgan fingerprint density at radius 1 is 1.08 bits per heavy atom. The minimum absolute atomic E-state index is 0.0858. The molecule has 0 fully saturated rings. The zero-order valence-electron chi connectivity index (χ0n) is 14.3. The van der Waals surface area contributed by atoms with E-state index < -0.39 is 15.9 Å². The normalized spacial score (nSPS) is 11.1. The van der Waals surface area contributed by atoms with E-state index in [1.54, 1.807) is 12.1 Å². The van der Waals surface area contributed by atoms with Crippen LogP contribution in [0.3, 0.4) is 0 Å². The Balaban J connectivity index is 1.88. The van der Waals surface area contributed by atoms with Crippen molar-refractivity contribution < 1.29 is 17.9 Å². The van der Waals surface area contributed by atoms with Crippen LogP contribution in [0.5, 0.6) is 5.75 Å². The molecule has 0 aliphatic carbocycles. The molecule has 0 radical (unpaired) electrons. The summed E-state index contributed by atoms with van der Waals surface area (Å²) in [5, 5.41) is 2.70. The van der Waals surface area contributed by atoms with Gasteiger partial charge in [-0.1, -0.05) is 24.3 Å². The van der Waals surface area contributed by atoms with E-state index in [0.29, 0.717) is 18.9 Å². The number of sulfonamides is 1. The van der Waals surface area contributed by atoms with E-state index in [4.69, 9.17) is 4.74 Å². The molecule has 0 saturated heterocycles. The molecule has 134 valence electrons. The minimum Gasteiger partial charge on any atom is -0.494 e. The Morgan fingerprint density at radius 2 is 1.76 bits per heavy atom. The van der Waals surface area contributed by atoms with Crippen LogP contribution in [0.2, 0.25) is 0 Å². The summed E-state index contributed by atoms with van der Waals surface area (Å²) in [6.07, 6.45) is 0. The van der Waals surface area contributed by atoms with Crippen LogP contribution in [0.25, 0.3) is 0 Å². The van der Waals surface area contributed by atoms with Gasteiger partial charge in [0.25, 0.3) is 0 Å². The quantitative estimate of drug-likeness (QED) is 0.752. The monoisotopic (exact) mass is 362 g/mol. The number of ether oxygens (including phenoxy) is 1. The second kappa shape index (κ2) is 8.64. The lowest BCUT2D eigenvalue weighted by Crippen LogP contribution is -2.36. The van der Waals surface area contributed by atoms with Crippen LogP contribution in [-0.2, 0) is 21.4 Å². The predicted octanol–water partition coefficient (Wildman–Crippen LogP) is 1.99. The first kappa shape index (κ1) is 19.0. The lowest BCUT2D eigenvalue weighted by molar-refractivity contribution is -0.120. The number of hydrogen-bond donors (Lipinski definition) is 2. The maximum absolute atomic E-state index is 12.2. The highest BCUT2D eigenvalue weighted by atomic mass is 32.2. The Bertz CT molecular complexity index is 817. The Morgan fingerprint density at radius 3 is 2.40 bits per heavy atom. The van der Waals surface area contributed by atoms with Crippen LogP contribution in [0, 0.1) is 6.92 Å². The van der Waals surface area contributed by atoms with Crippen molar-refractivity contribution in [3.63, 3.8) is 0 Å². The van der Waals surface area contributed by atoms with E-state index in [2.05, 4.69) is 10.0 Å². The summed E-state index contributed by atoms with van der Waals surface area (Å²) in [7, 11) is -3.74. The summed E-state index contributed by atoms with van der Waals surface area (Å²) in [5.74, 6) is 0.204. The van der Waals surface area contributed by atoms with Crippen molar-refractivity contribution >= 4 is 15.9 Å². The molecule has 0 saturated carbocycles. The van der Waals surface area contributed by atoms with Gasteiger partial charge in [-0.25, -0.2) is 13.1 Å². The van der Waals surface area contributed by atoms with Crippen LogP contribution >= 0.6 is 0 Å². The number of carbonyl (C=O) groups excluding carboxylic acids is 1. The van der Waals surface area contributed by atoms with Crippen LogP contribution in [0.1, 0.15) is 18.1 Å². The number of hydrogen-bond acceptors (Lipinski definition) is 4. The molecule has 2 rings (SSSR count). The average Bonchev–Trinajstić information content (AvgIpc) is 2.60. The molecule has 0 atom stereocenters. The fraction of sp³-hybridized carbons (Fsp3) is 0.278. The number of aryl methyl sites for hydroxylation is 1. The van der Waals surface area contributed by atoms with Gasteiger partial charge in [-0.2, -0.15) is 0 Å². The highest BCUT2D eigenvalue weighted by Crippen LogP contribution is 2.15. The standard InChI is InChI=1S/C18H22N2O4S/c1-3-24-16-8-10-17(11-9-16)25(22,23)20-13-18(21)19-12-15-7-5-4-6-14(15)2/h4-11,20H,3,12-13H2,1-2H3,(H,19,21). The average molecular weight is 362 g/mol. The Kier molecular flexibility index (Phi) is 6.55. The van der Waals surface area contributed by atoms with Crippen molar-refractivity contribution in [3.05, 3.63) is 59.7 Å². The summed E-state index contributed by atoms with van der Waals surface area (Å²) < 4.78 is 32.0. The molecule has 0 bridgehead atoms. The van der Waals surface area contributed by atoms with Gasteiger partial charge in [-0.3, -0.25) is 4.79 Å². The lowest BCUT2D eigenvalue weighted by atomic mass is 10.1. The third-order valence-corrected chi connectivity index (χ3v) is 5.02. The highest BCUT2D eigenvalue weighted by molar-refractivity contribution is 7.89. The minimum atomic E-state index is -3.74. The third kappa shape index (κ3) is 5.58.